The summed E-state index contributed by atoms with van der Waals surface area (Å²) in [6, 6.07) is 3.86. The lowest BCUT2D eigenvalue weighted by atomic mass is 9.85. The third kappa shape index (κ3) is 11.9. The number of benzene rings is 1. The third-order valence-corrected chi connectivity index (χ3v) is 14.7. The van der Waals surface area contributed by atoms with E-state index in [0.29, 0.717) is 19.4 Å². The monoisotopic (exact) mass is 758 g/mol. The lowest BCUT2D eigenvalue weighted by molar-refractivity contribution is -0.141. The number of ether oxygens (including phenoxy) is 1. The van der Waals surface area contributed by atoms with E-state index in [4.69, 9.17) is 9.16 Å². The second-order valence-electron chi connectivity index (χ2n) is 18.0. The molecule has 1 saturated heterocycles. The Morgan fingerprint density at radius 1 is 1.04 bits per heavy atom. The molecule has 12 nitrogen and oxygen atoms in total. The number of likely N-dealkylation sites (tertiary alicyclic amines) is 1. The van der Waals surface area contributed by atoms with E-state index in [-0.39, 0.29) is 47.6 Å². The van der Waals surface area contributed by atoms with Crippen molar-refractivity contribution in [2.75, 3.05) is 26.7 Å². The maximum absolute atomic E-state index is 14.8. The predicted molar refractivity (Wildman–Crippen MR) is 206 cm³/mol. The summed E-state index contributed by atoms with van der Waals surface area (Å²) >= 11 is 0. The summed E-state index contributed by atoms with van der Waals surface area (Å²) in [5, 5.41) is 2.89. The predicted octanol–water partition coefficient (Wildman–Crippen LogP) is 6.02. The Labute approximate surface area is 316 Å². The highest BCUT2D eigenvalue weighted by Crippen LogP contribution is 2.39. The van der Waals surface area contributed by atoms with Gasteiger partial charge >= 0.3 is 6.09 Å². The summed E-state index contributed by atoms with van der Waals surface area (Å²) < 4.78 is 27.7. The van der Waals surface area contributed by atoms with E-state index in [1.807, 2.05) is 20.8 Å². The summed E-state index contributed by atoms with van der Waals surface area (Å²) in [4.78, 5) is 64.3. The summed E-state index contributed by atoms with van der Waals surface area (Å²) in [6.45, 7) is 24.1. The van der Waals surface area contributed by atoms with E-state index < -0.39 is 49.5 Å². The molecule has 1 aromatic carbocycles. The van der Waals surface area contributed by atoms with E-state index in [1.165, 1.54) is 24.1 Å². The molecule has 1 aliphatic rings. The zero-order valence-corrected chi connectivity index (χ0v) is 35.4. The minimum atomic E-state index is -2.27. The number of nitrogens with zero attached hydrogens (tertiary/aromatic N) is 5. The van der Waals surface area contributed by atoms with Crippen LogP contribution in [0.15, 0.2) is 36.8 Å². The number of nitrogens with one attached hydrogen (secondary N) is 1. The lowest BCUT2D eigenvalue weighted by Gasteiger charge is -2.39. The van der Waals surface area contributed by atoms with E-state index in [2.05, 4.69) is 44.2 Å². The topological polar surface area (TPSA) is 126 Å². The van der Waals surface area contributed by atoms with Gasteiger partial charge in [0.2, 0.25) is 11.8 Å². The highest BCUT2D eigenvalue weighted by Gasteiger charge is 2.47. The second kappa shape index (κ2) is 16.7. The van der Waals surface area contributed by atoms with E-state index in [0.717, 1.165) is 5.56 Å². The first-order chi connectivity index (χ1) is 24.2. The fourth-order valence-corrected chi connectivity index (χ4v) is 7.23. The van der Waals surface area contributed by atoms with Gasteiger partial charge in [0, 0.05) is 39.9 Å². The number of rotatable bonds is 12. The van der Waals surface area contributed by atoms with Crippen molar-refractivity contribution in [1.29, 1.82) is 0 Å². The minimum Gasteiger partial charge on any atom is -0.444 e. The van der Waals surface area contributed by atoms with Crippen molar-refractivity contribution in [3.63, 3.8) is 0 Å². The molecule has 3 rings (SSSR count). The normalized spacial score (nSPS) is 18.0. The van der Waals surface area contributed by atoms with Gasteiger partial charge in [0.25, 0.3) is 5.91 Å². The molecular formula is C39H63FN6O6Si. The third-order valence-electron chi connectivity index (χ3n) is 10.2. The van der Waals surface area contributed by atoms with Crippen molar-refractivity contribution in [3.05, 3.63) is 53.9 Å². The maximum atomic E-state index is 14.8. The Morgan fingerprint density at radius 3 is 2.15 bits per heavy atom. The quantitative estimate of drug-likeness (QED) is 0.263. The highest BCUT2D eigenvalue weighted by molar-refractivity contribution is 6.74. The second-order valence-corrected chi connectivity index (χ2v) is 22.8. The molecule has 4 amide bonds. The van der Waals surface area contributed by atoms with Gasteiger partial charge < -0.3 is 28.8 Å². The van der Waals surface area contributed by atoms with Crippen LogP contribution in [0.2, 0.25) is 18.1 Å². The fourth-order valence-electron chi connectivity index (χ4n) is 5.87. The molecule has 0 radical (unpaired) electrons. The molecule has 0 saturated carbocycles. The Hall–Kier alpha value is -3.78. The van der Waals surface area contributed by atoms with E-state index >= 15 is 0 Å². The smallest absolute Gasteiger partial charge is 0.410 e. The van der Waals surface area contributed by atoms with Crippen molar-refractivity contribution in [1.82, 2.24) is 29.6 Å². The van der Waals surface area contributed by atoms with Crippen LogP contribution in [0, 0.1) is 11.2 Å². The van der Waals surface area contributed by atoms with Crippen molar-refractivity contribution in [2.24, 2.45) is 12.5 Å². The molecular weight excluding hydrogens is 696 g/mol. The first kappa shape index (κ1) is 43.6. The Morgan fingerprint density at radius 2 is 1.64 bits per heavy atom. The van der Waals surface area contributed by atoms with Gasteiger partial charge in [-0.1, -0.05) is 53.7 Å². The van der Waals surface area contributed by atoms with Crippen molar-refractivity contribution in [3.8, 4) is 0 Å². The van der Waals surface area contributed by atoms with Gasteiger partial charge in [0.1, 0.15) is 29.2 Å². The fraction of sp³-hybridized carbons (Fsp3) is 0.667. The molecule has 1 fully saturated rings. The van der Waals surface area contributed by atoms with Gasteiger partial charge in [-0.15, -0.1) is 0 Å². The van der Waals surface area contributed by atoms with Crippen LogP contribution in [-0.2, 0) is 32.2 Å². The minimum absolute atomic E-state index is 0.0751. The largest absolute Gasteiger partial charge is 0.444 e. The van der Waals surface area contributed by atoms with Gasteiger partial charge in [-0.3, -0.25) is 19.3 Å². The average Bonchev–Trinajstić information content (AvgIpc) is 3.64. The zero-order valence-electron chi connectivity index (χ0n) is 34.4. The molecule has 2 aromatic rings. The molecule has 0 unspecified atom stereocenters. The molecule has 4 atom stereocenters. The van der Waals surface area contributed by atoms with Gasteiger partial charge in [-0.2, -0.15) is 0 Å². The van der Waals surface area contributed by atoms with Crippen LogP contribution in [0.1, 0.15) is 91.7 Å². The van der Waals surface area contributed by atoms with Crippen LogP contribution < -0.4 is 5.32 Å². The van der Waals surface area contributed by atoms with E-state index in [1.54, 1.807) is 73.8 Å². The van der Waals surface area contributed by atoms with Crippen molar-refractivity contribution >= 4 is 32.1 Å². The first-order valence-electron chi connectivity index (χ1n) is 18.5. The average molecular weight is 759 g/mol. The number of hydrogen-bond acceptors (Lipinski definition) is 7. The number of hydrogen-bond donors (Lipinski definition) is 1. The number of amides is 4. The Balaban J connectivity index is 1.97. The Kier molecular flexibility index (Phi) is 13.7. The molecule has 0 aliphatic carbocycles. The van der Waals surface area contributed by atoms with Crippen LogP contribution in [0.25, 0.3) is 0 Å². The number of likely N-dealkylation sites (N-methyl/N-ethyl adjacent to an activating group) is 1. The number of carbonyl (C=O) groups is 4. The molecule has 1 aromatic heterocycles. The van der Waals surface area contributed by atoms with Gasteiger partial charge in [-0.05, 0) is 81.8 Å². The molecule has 296 valence electrons. The zero-order chi connectivity index (χ0) is 40.3. The number of aryl methyl sites for hydroxylation is 1. The number of carbonyl (C=O) groups excluding carboxylic acids is 4. The summed E-state index contributed by atoms with van der Waals surface area (Å²) in [6.07, 6.45) is 3.24. The summed E-state index contributed by atoms with van der Waals surface area (Å²) in [5.41, 5.74) is -0.320. The van der Waals surface area contributed by atoms with Crippen LogP contribution in [-0.4, -0.2) is 113 Å². The van der Waals surface area contributed by atoms with E-state index in [9.17, 15) is 23.6 Å². The van der Waals surface area contributed by atoms with Crippen LogP contribution in [0.3, 0.4) is 0 Å². The van der Waals surface area contributed by atoms with Gasteiger partial charge in [0.15, 0.2) is 8.32 Å². The van der Waals surface area contributed by atoms with Crippen LogP contribution in [0.5, 0.6) is 0 Å². The van der Waals surface area contributed by atoms with Gasteiger partial charge in [0.05, 0.1) is 18.5 Å². The molecule has 14 heteroatoms. The molecule has 2 heterocycles. The Bertz CT molecular complexity index is 1590. The molecule has 1 aliphatic heterocycles. The number of aromatic nitrogens is 2. The SMILES string of the molecule is C[C@@H](C(=O)N[C@H](C(=O)N1C[C@H](O[Si](C)(C)C(C)(C)C)C[C@H]1CN(CCc1ccc(F)cc1)C(=O)c1cn(C)cn1)C(C)(C)C)N(C)C(=O)OC(C)(C)C. The van der Waals surface area contributed by atoms with Crippen LogP contribution in [0.4, 0.5) is 9.18 Å². The molecule has 1 N–H and O–H groups in total. The summed E-state index contributed by atoms with van der Waals surface area (Å²) in [7, 11) is 1.02. The molecule has 0 spiro atoms. The molecule has 53 heavy (non-hydrogen) atoms. The maximum Gasteiger partial charge on any atom is 0.410 e. The van der Waals surface area contributed by atoms with Crippen LogP contribution >= 0.6 is 0 Å². The number of imidazole rings is 1. The highest BCUT2D eigenvalue weighted by atomic mass is 28.4. The molecule has 0 bridgehead atoms. The van der Waals surface area contributed by atoms with Crippen molar-refractivity contribution < 1.29 is 32.7 Å². The number of halogens is 1. The lowest BCUT2D eigenvalue weighted by Crippen LogP contribution is -2.60. The summed E-state index contributed by atoms with van der Waals surface area (Å²) in [5.74, 6) is -1.42. The van der Waals surface area contributed by atoms with Crippen molar-refractivity contribution in [2.45, 2.75) is 130 Å². The first-order valence-corrected chi connectivity index (χ1v) is 21.4. The standard InChI is InChI=1S/C39H63FN6O6Si/c1-26(44(12)36(50)51-38(5,6)7)33(47)42-32(37(2,3)4)35(49)46-23-30(52-53(13,14)39(8,9)10)21-29(46)22-45(34(48)31-24-43(11)25-41-31)20-19-27-15-17-28(40)18-16-27/h15-18,24-26,29-30,32H,19-23H2,1-14H3,(H,42,47)/t26-,29-,30+,32+/m0/s1. The van der Waals surface area contributed by atoms with Gasteiger partial charge in [-0.25, -0.2) is 14.2 Å².